The molecule has 3 heteroatoms. The lowest BCUT2D eigenvalue weighted by Crippen LogP contribution is -2.09. The molecule has 0 aromatic heterocycles. The number of hydrogen-bond donors (Lipinski definition) is 2. The number of nitrogens with one attached hydrogen (secondary N) is 1. The number of rotatable bonds is 6. The number of hydrogen-bond acceptors (Lipinski definition) is 2. The zero-order chi connectivity index (χ0) is 10.2. The standard InChI is InChI=1S/C11H16N2O/c12-11(13)8-4-5-9-14-10-6-2-1-3-7-10/h1-3,6-7H,4-5,8-9H2,(H3,12,13). The number of unbranched alkanes of at least 4 members (excludes halogenated alkanes) is 1. The molecule has 0 aliphatic rings. The van der Waals surface area contributed by atoms with E-state index < -0.39 is 0 Å². The van der Waals surface area contributed by atoms with E-state index in [0.717, 1.165) is 18.6 Å². The van der Waals surface area contributed by atoms with Crippen LogP contribution in [0, 0.1) is 5.41 Å². The average Bonchev–Trinajstić information content (AvgIpc) is 2.18. The minimum absolute atomic E-state index is 0.254. The maximum Gasteiger partial charge on any atom is 0.119 e. The highest BCUT2D eigenvalue weighted by molar-refractivity contribution is 5.76. The summed E-state index contributed by atoms with van der Waals surface area (Å²) in [5, 5.41) is 7.03. The topological polar surface area (TPSA) is 59.1 Å². The van der Waals surface area contributed by atoms with Gasteiger partial charge in [-0.05, 0) is 25.0 Å². The van der Waals surface area contributed by atoms with Gasteiger partial charge in [0.25, 0.3) is 0 Å². The lowest BCUT2D eigenvalue weighted by Gasteiger charge is -2.04. The Morgan fingerprint density at radius 2 is 1.93 bits per heavy atom. The van der Waals surface area contributed by atoms with Crippen molar-refractivity contribution in [1.29, 1.82) is 5.41 Å². The number of benzene rings is 1. The second kappa shape index (κ2) is 6.02. The first-order chi connectivity index (χ1) is 6.79. The first kappa shape index (κ1) is 10.6. The Hall–Kier alpha value is -1.51. The fraction of sp³-hybridized carbons (Fsp3) is 0.364. The molecule has 0 atom stereocenters. The van der Waals surface area contributed by atoms with Gasteiger partial charge in [0.2, 0.25) is 0 Å². The summed E-state index contributed by atoms with van der Waals surface area (Å²) in [5.41, 5.74) is 5.23. The van der Waals surface area contributed by atoms with Crippen molar-refractivity contribution in [1.82, 2.24) is 0 Å². The van der Waals surface area contributed by atoms with Gasteiger partial charge < -0.3 is 10.5 Å². The summed E-state index contributed by atoms with van der Waals surface area (Å²) in [7, 11) is 0. The van der Waals surface area contributed by atoms with E-state index in [1.54, 1.807) is 0 Å². The van der Waals surface area contributed by atoms with Crippen LogP contribution in [0.1, 0.15) is 19.3 Å². The molecule has 76 valence electrons. The van der Waals surface area contributed by atoms with Gasteiger partial charge in [-0.3, -0.25) is 5.41 Å². The fourth-order valence-corrected chi connectivity index (χ4v) is 1.12. The molecule has 0 spiro atoms. The fourth-order valence-electron chi connectivity index (χ4n) is 1.12. The van der Waals surface area contributed by atoms with Gasteiger partial charge in [-0.25, -0.2) is 0 Å². The Morgan fingerprint density at radius 3 is 2.57 bits per heavy atom. The molecule has 0 aliphatic heterocycles. The average molecular weight is 192 g/mol. The van der Waals surface area contributed by atoms with Crippen LogP contribution in [0.4, 0.5) is 0 Å². The van der Waals surface area contributed by atoms with Crippen LogP contribution < -0.4 is 10.5 Å². The van der Waals surface area contributed by atoms with E-state index in [0.29, 0.717) is 13.0 Å². The van der Waals surface area contributed by atoms with E-state index in [2.05, 4.69) is 0 Å². The van der Waals surface area contributed by atoms with Crippen LogP contribution in [0.3, 0.4) is 0 Å². The molecule has 0 heterocycles. The normalized spacial score (nSPS) is 9.71. The van der Waals surface area contributed by atoms with E-state index in [9.17, 15) is 0 Å². The third-order valence-electron chi connectivity index (χ3n) is 1.85. The van der Waals surface area contributed by atoms with Crippen LogP contribution in [-0.2, 0) is 0 Å². The Morgan fingerprint density at radius 1 is 1.21 bits per heavy atom. The molecule has 1 rings (SSSR count). The number of para-hydroxylation sites is 1. The van der Waals surface area contributed by atoms with Crippen LogP contribution in [-0.4, -0.2) is 12.4 Å². The van der Waals surface area contributed by atoms with Crippen LogP contribution in [0.5, 0.6) is 5.75 Å². The smallest absolute Gasteiger partial charge is 0.119 e. The van der Waals surface area contributed by atoms with Crippen molar-refractivity contribution in [3.63, 3.8) is 0 Å². The maximum absolute atomic E-state index is 7.03. The molecular formula is C11H16N2O. The van der Waals surface area contributed by atoms with E-state index >= 15 is 0 Å². The second-order valence-electron chi connectivity index (χ2n) is 3.14. The van der Waals surface area contributed by atoms with Crippen molar-refractivity contribution >= 4 is 5.84 Å². The molecule has 0 saturated heterocycles. The minimum atomic E-state index is 0.254. The van der Waals surface area contributed by atoms with Crippen molar-refractivity contribution in [3.8, 4) is 5.75 Å². The molecule has 0 unspecified atom stereocenters. The molecule has 1 aromatic carbocycles. The Kier molecular flexibility index (Phi) is 4.55. The third kappa shape index (κ3) is 4.50. The summed E-state index contributed by atoms with van der Waals surface area (Å²) in [6.45, 7) is 0.692. The van der Waals surface area contributed by atoms with Crippen molar-refractivity contribution in [2.45, 2.75) is 19.3 Å². The van der Waals surface area contributed by atoms with Gasteiger partial charge in [0.05, 0.1) is 12.4 Å². The molecule has 0 amide bonds. The van der Waals surface area contributed by atoms with Crippen LogP contribution in [0.25, 0.3) is 0 Å². The van der Waals surface area contributed by atoms with Crippen LogP contribution in [0.2, 0.25) is 0 Å². The number of ether oxygens (including phenoxy) is 1. The molecule has 3 N–H and O–H groups in total. The maximum atomic E-state index is 7.03. The van der Waals surface area contributed by atoms with Gasteiger partial charge in [-0.1, -0.05) is 18.2 Å². The molecule has 14 heavy (non-hydrogen) atoms. The Labute approximate surface area is 84.4 Å². The highest BCUT2D eigenvalue weighted by Gasteiger charge is 1.93. The largest absolute Gasteiger partial charge is 0.494 e. The highest BCUT2D eigenvalue weighted by atomic mass is 16.5. The lowest BCUT2D eigenvalue weighted by molar-refractivity contribution is 0.308. The van der Waals surface area contributed by atoms with Crippen LogP contribution in [0.15, 0.2) is 30.3 Å². The van der Waals surface area contributed by atoms with E-state index in [-0.39, 0.29) is 5.84 Å². The van der Waals surface area contributed by atoms with Gasteiger partial charge >= 0.3 is 0 Å². The zero-order valence-corrected chi connectivity index (χ0v) is 8.20. The van der Waals surface area contributed by atoms with E-state index in [4.69, 9.17) is 15.9 Å². The molecule has 0 bridgehead atoms. The van der Waals surface area contributed by atoms with Crippen molar-refractivity contribution in [3.05, 3.63) is 30.3 Å². The van der Waals surface area contributed by atoms with Crippen molar-refractivity contribution in [2.24, 2.45) is 5.73 Å². The molecule has 0 saturated carbocycles. The predicted octanol–water partition coefficient (Wildman–Crippen LogP) is 2.17. The van der Waals surface area contributed by atoms with Crippen molar-refractivity contribution in [2.75, 3.05) is 6.61 Å². The Balaban J connectivity index is 2.08. The molecular weight excluding hydrogens is 176 g/mol. The van der Waals surface area contributed by atoms with Gasteiger partial charge in [-0.2, -0.15) is 0 Å². The SMILES string of the molecule is N=C(N)CCCCOc1ccccc1. The monoisotopic (exact) mass is 192 g/mol. The summed E-state index contributed by atoms with van der Waals surface area (Å²) in [6, 6.07) is 9.73. The number of amidine groups is 1. The summed E-state index contributed by atoms with van der Waals surface area (Å²) in [6.07, 6.45) is 2.52. The summed E-state index contributed by atoms with van der Waals surface area (Å²) in [5.74, 6) is 1.15. The van der Waals surface area contributed by atoms with Crippen LogP contribution >= 0.6 is 0 Å². The quantitative estimate of drug-likeness (QED) is 0.412. The highest BCUT2D eigenvalue weighted by Crippen LogP contribution is 2.08. The first-order valence-corrected chi connectivity index (χ1v) is 4.80. The molecule has 1 aromatic rings. The third-order valence-corrected chi connectivity index (χ3v) is 1.85. The minimum Gasteiger partial charge on any atom is -0.494 e. The van der Waals surface area contributed by atoms with E-state index in [1.165, 1.54) is 0 Å². The van der Waals surface area contributed by atoms with Crippen molar-refractivity contribution < 1.29 is 4.74 Å². The van der Waals surface area contributed by atoms with E-state index in [1.807, 2.05) is 30.3 Å². The van der Waals surface area contributed by atoms with Gasteiger partial charge in [-0.15, -0.1) is 0 Å². The molecule has 0 aliphatic carbocycles. The molecule has 0 radical (unpaired) electrons. The lowest BCUT2D eigenvalue weighted by atomic mass is 10.2. The number of nitrogens with two attached hydrogens (primary N) is 1. The van der Waals surface area contributed by atoms with Gasteiger partial charge in [0.1, 0.15) is 5.75 Å². The van der Waals surface area contributed by atoms with Gasteiger partial charge in [0.15, 0.2) is 0 Å². The Bertz CT molecular complexity index is 272. The second-order valence-corrected chi connectivity index (χ2v) is 3.14. The van der Waals surface area contributed by atoms with Gasteiger partial charge in [0, 0.05) is 6.42 Å². The summed E-state index contributed by atoms with van der Waals surface area (Å²) < 4.78 is 5.48. The molecule has 0 fully saturated rings. The predicted molar refractivity (Wildman–Crippen MR) is 57.7 cm³/mol. The summed E-state index contributed by atoms with van der Waals surface area (Å²) >= 11 is 0. The summed E-state index contributed by atoms with van der Waals surface area (Å²) in [4.78, 5) is 0. The molecule has 3 nitrogen and oxygen atoms in total. The first-order valence-electron chi connectivity index (χ1n) is 4.80. The zero-order valence-electron chi connectivity index (χ0n) is 8.20.